The quantitative estimate of drug-likeness (QED) is 0.637. The van der Waals surface area contributed by atoms with Gasteiger partial charge in [0.2, 0.25) is 0 Å². The van der Waals surface area contributed by atoms with E-state index in [2.05, 4.69) is 5.32 Å². The van der Waals surface area contributed by atoms with Gasteiger partial charge in [-0.25, -0.2) is 9.86 Å². The third kappa shape index (κ3) is 2.57. The summed E-state index contributed by atoms with van der Waals surface area (Å²) in [4.78, 5) is 16.0. The zero-order valence-electron chi connectivity index (χ0n) is 8.24. The summed E-state index contributed by atoms with van der Waals surface area (Å²) in [5.74, 6) is 0. The minimum absolute atomic E-state index is 0.0919. The van der Waals surface area contributed by atoms with Gasteiger partial charge in [0.05, 0.1) is 19.3 Å². The van der Waals surface area contributed by atoms with Crippen molar-refractivity contribution in [3.8, 4) is 0 Å². The smallest absolute Gasteiger partial charge is 0.341 e. The second kappa shape index (κ2) is 4.43. The van der Waals surface area contributed by atoms with Crippen molar-refractivity contribution in [2.45, 2.75) is 25.5 Å². The molecule has 1 saturated heterocycles. The summed E-state index contributed by atoms with van der Waals surface area (Å²) in [5, 5.41) is 3.97. The maximum Gasteiger partial charge on any atom is 0.341 e. The van der Waals surface area contributed by atoms with Crippen LogP contribution in [0.2, 0.25) is 0 Å². The van der Waals surface area contributed by atoms with E-state index < -0.39 is 0 Å². The summed E-state index contributed by atoms with van der Waals surface area (Å²) in [6.07, 6.45) is 0.957. The topological polar surface area (TPSA) is 50.8 Å². The number of carbonyl (C=O) groups excluding carboxylic acids is 1. The van der Waals surface area contributed by atoms with Crippen LogP contribution < -0.4 is 5.32 Å². The molecule has 5 nitrogen and oxygen atoms in total. The molecule has 1 aliphatic heterocycles. The van der Waals surface area contributed by atoms with Crippen molar-refractivity contribution in [2.24, 2.45) is 0 Å². The molecule has 0 spiro atoms. The van der Waals surface area contributed by atoms with E-state index in [0.717, 1.165) is 11.5 Å². The van der Waals surface area contributed by atoms with Crippen molar-refractivity contribution in [2.75, 3.05) is 20.8 Å². The van der Waals surface area contributed by atoms with E-state index in [1.165, 1.54) is 7.11 Å². The van der Waals surface area contributed by atoms with Crippen LogP contribution in [0.1, 0.15) is 13.3 Å². The lowest BCUT2D eigenvalue weighted by Gasteiger charge is -2.20. The standard InChI is InChI=1S/C8H16N2O3/c1-6-7(4-5-13-6)9-8(11)10(2)12-3/h6-7H,4-5H2,1-3H3,(H,9,11). The Hall–Kier alpha value is -0.810. The first-order chi connectivity index (χ1) is 6.15. The fourth-order valence-corrected chi connectivity index (χ4v) is 1.25. The average molecular weight is 188 g/mol. The molecule has 76 valence electrons. The summed E-state index contributed by atoms with van der Waals surface area (Å²) in [6.45, 7) is 2.66. The Balaban J connectivity index is 2.35. The molecule has 1 rings (SSSR count). The largest absolute Gasteiger partial charge is 0.376 e. The van der Waals surface area contributed by atoms with Crippen LogP contribution in [-0.4, -0.2) is 44.0 Å². The molecule has 0 aromatic rings. The van der Waals surface area contributed by atoms with E-state index in [1.54, 1.807) is 7.05 Å². The van der Waals surface area contributed by atoms with Crippen molar-refractivity contribution in [1.29, 1.82) is 0 Å². The van der Waals surface area contributed by atoms with Crippen LogP contribution in [0.3, 0.4) is 0 Å². The van der Waals surface area contributed by atoms with Crippen molar-refractivity contribution in [3.05, 3.63) is 0 Å². The molecule has 0 aromatic carbocycles. The fourth-order valence-electron chi connectivity index (χ4n) is 1.25. The van der Waals surface area contributed by atoms with E-state index in [-0.39, 0.29) is 18.2 Å². The van der Waals surface area contributed by atoms with Crippen LogP contribution in [0, 0.1) is 0 Å². The molecule has 1 aliphatic rings. The maximum atomic E-state index is 11.3. The number of hydroxylamine groups is 2. The first kappa shape index (κ1) is 10.3. The van der Waals surface area contributed by atoms with E-state index in [0.29, 0.717) is 6.61 Å². The summed E-state index contributed by atoms with van der Waals surface area (Å²) in [6, 6.07) is -0.130. The number of carbonyl (C=O) groups is 1. The number of nitrogens with zero attached hydrogens (tertiary/aromatic N) is 1. The monoisotopic (exact) mass is 188 g/mol. The summed E-state index contributed by atoms with van der Waals surface area (Å²) < 4.78 is 5.31. The molecule has 0 saturated carbocycles. The van der Waals surface area contributed by atoms with E-state index in [9.17, 15) is 4.79 Å². The molecule has 0 aliphatic carbocycles. The van der Waals surface area contributed by atoms with Gasteiger partial charge in [-0.2, -0.15) is 0 Å². The normalized spacial score (nSPS) is 27.3. The Morgan fingerprint density at radius 2 is 2.38 bits per heavy atom. The number of amides is 2. The van der Waals surface area contributed by atoms with Crippen molar-refractivity contribution in [1.82, 2.24) is 10.4 Å². The Kier molecular flexibility index (Phi) is 3.50. The highest BCUT2D eigenvalue weighted by Gasteiger charge is 2.26. The van der Waals surface area contributed by atoms with Gasteiger partial charge < -0.3 is 10.1 Å². The van der Waals surface area contributed by atoms with E-state index in [1.807, 2.05) is 6.92 Å². The zero-order chi connectivity index (χ0) is 9.84. The van der Waals surface area contributed by atoms with Crippen LogP contribution in [0.5, 0.6) is 0 Å². The second-order valence-electron chi connectivity index (χ2n) is 3.10. The molecule has 1 heterocycles. The van der Waals surface area contributed by atoms with Gasteiger partial charge >= 0.3 is 6.03 Å². The molecule has 13 heavy (non-hydrogen) atoms. The van der Waals surface area contributed by atoms with Gasteiger partial charge in [0, 0.05) is 13.7 Å². The molecule has 0 aromatic heterocycles. The molecule has 0 radical (unpaired) electrons. The summed E-state index contributed by atoms with van der Waals surface area (Å²) >= 11 is 0. The molecular weight excluding hydrogens is 172 g/mol. The lowest BCUT2D eigenvalue weighted by molar-refractivity contribution is -0.0660. The first-order valence-corrected chi connectivity index (χ1v) is 4.35. The number of urea groups is 1. The zero-order valence-corrected chi connectivity index (χ0v) is 8.24. The third-order valence-corrected chi connectivity index (χ3v) is 2.24. The molecule has 2 unspecified atom stereocenters. The number of ether oxygens (including phenoxy) is 1. The van der Waals surface area contributed by atoms with Crippen LogP contribution in [0.25, 0.3) is 0 Å². The lowest BCUT2D eigenvalue weighted by atomic mass is 10.2. The van der Waals surface area contributed by atoms with Crippen molar-refractivity contribution >= 4 is 6.03 Å². The Morgan fingerprint density at radius 1 is 1.69 bits per heavy atom. The molecule has 2 atom stereocenters. The number of hydrogen-bond donors (Lipinski definition) is 1. The predicted molar refractivity (Wildman–Crippen MR) is 47.1 cm³/mol. The van der Waals surface area contributed by atoms with E-state index >= 15 is 0 Å². The van der Waals surface area contributed by atoms with Gasteiger partial charge in [-0.15, -0.1) is 0 Å². The lowest BCUT2D eigenvalue weighted by Crippen LogP contribution is -2.45. The van der Waals surface area contributed by atoms with Gasteiger partial charge in [0.25, 0.3) is 0 Å². The highest BCUT2D eigenvalue weighted by atomic mass is 16.7. The van der Waals surface area contributed by atoms with Gasteiger partial charge in [-0.05, 0) is 13.3 Å². The highest BCUT2D eigenvalue weighted by Crippen LogP contribution is 2.12. The molecular formula is C8H16N2O3. The molecule has 2 amide bonds. The SMILES string of the molecule is CON(C)C(=O)NC1CCOC1C. The average Bonchev–Trinajstić information content (AvgIpc) is 2.50. The Bertz CT molecular complexity index is 186. The van der Waals surface area contributed by atoms with Gasteiger partial charge in [0.15, 0.2) is 0 Å². The molecule has 1 fully saturated rings. The van der Waals surface area contributed by atoms with Crippen LogP contribution in [-0.2, 0) is 9.57 Å². The second-order valence-corrected chi connectivity index (χ2v) is 3.10. The number of hydrogen-bond acceptors (Lipinski definition) is 3. The molecule has 1 N–H and O–H groups in total. The van der Waals surface area contributed by atoms with Crippen LogP contribution in [0.4, 0.5) is 4.79 Å². The van der Waals surface area contributed by atoms with Gasteiger partial charge in [-0.3, -0.25) is 4.84 Å². The Morgan fingerprint density at radius 3 is 2.85 bits per heavy atom. The predicted octanol–water partition coefficient (Wildman–Crippen LogP) is 0.367. The van der Waals surface area contributed by atoms with Gasteiger partial charge in [-0.1, -0.05) is 0 Å². The number of nitrogens with one attached hydrogen (secondary N) is 1. The van der Waals surface area contributed by atoms with Crippen molar-refractivity contribution < 1.29 is 14.4 Å². The summed E-state index contributed by atoms with van der Waals surface area (Å²) in [7, 11) is 3.02. The third-order valence-electron chi connectivity index (χ3n) is 2.24. The van der Waals surface area contributed by atoms with Crippen LogP contribution in [0.15, 0.2) is 0 Å². The first-order valence-electron chi connectivity index (χ1n) is 4.35. The minimum atomic E-state index is -0.232. The fraction of sp³-hybridized carbons (Fsp3) is 0.875. The van der Waals surface area contributed by atoms with Gasteiger partial charge in [0.1, 0.15) is 0 Å². The van der Waals surface area contributed by atoms with Crippen LogP contribution >= 0.6 is 0 Å². The minimum Gasteiger partial charge on any atom is -0.376 e. The maximum absolute atomic E-state index is 11.3. The molecule has 5 heteroatoms. The highest BCUT2D eigenvalue weighted by molar-refractivity contribution is 5.73. The van der Waals surface area contributed by atoms with E-state index in [4.69, 9.17) is 9.57 Å². The molecule has 0 bridgehead atoms. The van der Waals surface area contributed by atoms with Crippen molar-refractivity contribution in [3.63, 3.8) is 0 Å². The number of rotatable bonds is 2. The Labute approximate surface area is 77.9 Å². The summed E-state index contributed by atoms with van der Waals surface area (Å²) in [5.41, 5.74) is 0.